The third-order valence-electron chi connectivity index (χ3n) is 5.31. The van der Waals surface area contributed by atoms with Crippen molar-refractivity contribution in [2.75, 3.05) is 13.2 Å². The van der Waals surface area contributed by atoms with Gasteiger partial charge in [0.15, 0.2) is 0 Å². The van der Waals surface area contributed by atoms with Gasteiger partial charge < -0.3 is 15.2 Å². The van der Waals surface area contributed by atoms with Gasteiger partial charge in [-0.1, -0.05) is 48.5 Å². The fourth-order valence-corrected chi connectivity index (χ4v) is 3.91. The van der Waals surface area contributed by atoms with E-state index in [4.69, 9.17) is 9.72 Å². The van der Waals surface area contributed by atoms with E-state index in [1.165, 1.54) is 0 Å². The largest absolute Gasteiger partial charge is 0.478 e. The SMILES string of the molecule is C[C@H](OCC1CCCN1)c1c(-c2ccccc2)nc2ccccc2c1C(=O)O.Cl. The maximum Gasteiger partial charge on any atom is 0.336 e. The summed E-state index contributed by atoms with van der Waals surface area (Å²) in [6.45, 7) is 3.48. The molecule has 152 valence electrons. The van der Waals surface area contributed by atoms with Crippen LogP contribution in [0.25, 0.3) is 22.2 Å². The van der Waals surface area contributed by atoms with Crippen LogP contribution in [0.2, 0.25) is 0 Å². The van der Waals surface area contributed by atoms with E-state index in [9.17, 15) is 9.90 Å². The highest BCUT2D eigenvalue weighted by molar-refractivity contribution is 6.05. The Kier molecular flexibility index (Phi) is 6.85. The summed E-state index contributed by atoms with van der Waals surface area (Å²) in [6, 6.07) is 17.4. The van der Waals surface area contributed by atoms with E-state index in [0.29, 0.717) is 34.8 Å². The normalized spacial score (nSPS) is 17.1. The molecule has 1 aliphatic heterocycles. The fourth-order valence-electron chi connectivity index (χ4n) is 3.91. The Morgan fingerprint density at radius 1 is 1.21 bits per heavy atom. The number of pyridine rings is 1. The van der Waals surface area contributed by atoms with Crippen LogP contribution in [0, 0.1) is 0 Å². The molecule has 1 aromatic heterocycles. The summed E-state index contributed by atoms with van der Waals surface area (Å²) in [5.41, 5.74) is 3.14. The maximum absolute atomic E-state index is 12.3. The summed E-state index contributed by atoms with van der Waals surface area (Å²) in [5, 5.41) is 14.1. The van der Waals surface area contributed by atoms with Gasteiger partial charge in [0, 0.05) is 22.6 Å². The van der Waals surface area contributed by atoms with Crippen LogP contribution >= 0.6 is 12.4 Å². The molecule has 0 aliphatic carbocycles. The lowest BCUT2D eigenvalue weighted by atomic mass is 9.93. The number of carboxylic acid groups (broad SMARTS) is 1. The van der Waals surface area contributed by atoms with Crippen molar-refractivity contribution in [3.8, 4) is 11.3 Å². The average Bonchev–Trinajstić information content (AvgIpc) is 3.24. The second-order valence-electron chi connectivity index (χ2n) is 7.21. The summed E-state index contributed by atoms with van der Waals surface area (Å²) < 4.78 is 6.15. The number of aromatic carboxylic acids is 1. The van der Waals surface area contributed by atoms with E-state index in [1.807, 2.05) is 61.5 Å². The Bertz CT molecular complexity index is 988. The zero-order valence-electron chi connectivity index (χ0n) is 16.3. The lowest BCUT2D eigenvalue weighted by Gasteiger charge is -2.22. The highest BCUT2D eigenvalue weighted by atomic mass is 35.5. The van der Waals surface area contributed by atoms with Gasteiger partial charge in [0.2, 0.25) is 0 Å². The summed E-state index contributed by atoms with van der Waals surface area (Å²) >= 11 is 0. The van der Waals surface area contributed by atoms with Crippen molar-refractivity contribution >= 4 is 29.3 Å². The molecule has 5 nitrogen and oxygen atoms in total. The number of rotatable bonds is 6. The van der Waals surface area contributed by atoms with Crippen molar-refractivity contribution in [2.45, 2.75) is 31.9 Å². The molecule has 0 amide bonds. The second kappa shape index (κ2) is 9.35. The number of hydrogen-bond donors (Lipinski definition) is 2. The molecule has 0 saturated carbocycles. The molecule has 3 aromatic rings. The van der Waals surface area contributed by atoms with Gasteiger partial charge in [0.1, 0.15) is 0 Å². The van der Waals surface area contributed by atoms with Crippen LogP contribution in [0.3, 0.4) is 0 Å². The number of carboxylic acids is 1. The number of hydrogen-bond acceptors (Lipinski definition) is 4. The first-order valence-electron chi connectivity index (χ1n) is 9.71. The van der Waals surface area contributed by atoms with E-state index in [0.717, 1.165) is 24.9 Å². The number of para-hydroxylation sites is 1. The van der Waals surface area contributed by atoms with Crippen molar-refractivity contribution in [3.05, 3.63) is 65.7 Å². The molecule has 1 unspecified atom stereocenters. The zero-order chi connectivity index (χ0) is 19.5. The van der Waals surface area contributed by atoms with Gasteiger partial charge in [0.05, 0.1) is 29.5 Å². The lowest BCUT2D eigenvalue weighted by molar-refractivity contribution is 0.0500. The molecule has 4 rings (SSSR count). The van der Waals surface area contributed by atoms with Crippen molar-refractivity contribution in [1.82, 2.24) is 10.3 Å². The summed E-state index contributed by atoms with van der Waals surface area (Å²) in [5.74, 6) is -0.958. The standard InChI is InChI=1S/C23H24N2O3.ClH/c1-15(28-14-17-10-7-13-24-17)20-21(23(26)27)18-11-5-6-12-19(18)25-22(20)16-8-3-2-4-9-16;/h2-6,8-9,11-12,15,17,24H,7,10,13-14H2,1H3,(H,26,27);1H/t15-,17?;/m0./s1. The molecule has 1 aliphatic rings. The van der Waals surface area contributed by atoms with Gasteiger partial charge in [-0.05, 0) is 32.4 Å². The Morgan fingerprint density at radius 2 is 1.93 bits per heavy atom. The number of nitrogens with zero attached hydrogens (tertiary/aromatic N) is 1. The molecule has 0 radical (unpaired) electrons. The third kappa shape index (κ3) is 4.42. The van der Waals surface area contributed by atoms with E-state index in [2.05, 4.69) is 5.32 Å². The van der Waals surface area contributed by atoms with Crippen LogP contribution in [-0.2, 0) is 4.74 Å². The molecule has 6 heteroatoms. The Hall–Kier alpha value is -2.47. The highest BCUT2D eigenvalue weighted by Gasteiger charge is 2.26. The first-order chi connectivity index (χ1) is 13.6. The number of ether oxygens (including phenoxy) is 1. The van der Waals surface area contributed by atoms with E-state index in [1.54, 1.807) is 0 Å². The van der Waals surface area contributed by atoms with Crippen molar-refractivity contribution < 1.29 is 14.6 Å². The van der Waals surface area contributed by atoms with Gasteiger partial charge in [0.25, 0.3) is 0 Å². The summed E-state index contributed by atoms with van der Waals surface area (Å²) in [4.78, 5) is 17.1. The molecule has 2 heterocycles. The van der Waals surface area contributed by atoms with Crippen LogP contribution in [-0.4, -0.2) is 35.3 Å². The van der Waals surface area contributed by atoms with Gasteiger partial charge in [-0.3, -0.25) is 0 Å². The molecule has 2 N–H and O–H groups in total. The average molecular weight is 413 g/mol. The second-order valence-corrected chi connectivity index (χ2v) is 7.21. The van der Waals surface area contributed by atoms with Crippen LogP contribution in [0.15, 0.2) is 54.6 Å². The Balaban J connectivity index is 0.00000240. The van der Waals surface area contributed by atoms with Gasteiger partial charge in [-0.15, -0.1) is 12.4 Å². The molecule has 0 spiro atoms. The molecule has 2 aromatic carbocycles. The summed E-state index contributed by atoms with van der Waals surface area (Å²) in [7, 11) is 0. The number of benzene rings is 2. The fraction of sp³-hybridized carbons (Fsp3) is 0.304. The predicted molar refractivity (Wildman–Crippen MR) is 117 cm³/mol. The minimum Gasteiger partial charge on any atom is -0.478 e. The minimum absolute atomic E-state index is 0. The van der Waals surface area contributed by atoms with Crippen LogP contribution in [0.1, 0.15) is 41.8 Å². The van der Waals surface area contributed by atoms with Crippen LogP contribution in [0.4, 0.5) is 0 Å². The van der Waals surface area contributed by atoms with Crippen molar-refractivity contribution in [1.29, 1.82) is 0 Å². The van der Waals surface area contributed by atoms with E-state index >= 15 is 0 Å². The number of carbonyl (C=O) groups is 1. The number of fused-ring (bicyclic) bond motifs is 1. The zero-order valence-corrected chi connectivity index (χ0v) is 17.1. The van der Waals surface area contributed by atoms with Crippen LogP contribution in [0.5, 0.6) is 0 Å². The lowest BCUT2D eigenvalue weighted by Crippen LogP contribution is -2.27. The number of halogens is 1. The molecular formula is C23H25ClN2O3. The predicted octanol–water partition coefficient (Wildman–Crippen LogP) is 4.85. The van der Waals surface area contributed by atoms with Gasteiger partial charge in [-0.25, -0.2) is 9.78 Å². The molecule has 1 saturated heterocycles. The number of nitrogens with one attached hydrogen (secondary N) is 1. The molecule has 1 fully saturated rings. The van der Waals surface area contributed by atoms with Gasteiger partial charge in [-0.2, -0.15) is 0 Å². The topological polar surface area (TPSA) is 71.5 Å². The first kappa shape index (κ1) is 21.2. The minimum atomic E-state index is -0.958. The molecule has 0 bridgehead atoms. The van der Waals surface area contributed by atoms with Crippen molar-refractivity contribution in [2.24, 2.45) is 0 Å². The van der Waals surface area contributed by atoms with Crippen LogP contribution < -0.4 is 5.32 Å². The number of aromatic nitrogens is 1. The Labute approximate surface area is 176 Å². The molecule has 29 heavy (non-hydrogen) atoms. The quantitative estimate of drug-likeness (QED) is 0.605. The van der Waals surface area contributed by atoms with Gasteiger partial charge >= 0.3 is 5.97 Å². The van der Waals surface area contributed by atoms with Crippen molar-refractivity contribution in [3.63, 3.8) is 0 Å². The highest BCUT2D eigenvalue weighted by Crippen LogP contribution is 2.35. The molecular weight excluding hydrogens is 388 g/mol. The first-order valence-corrected chi connectivity index (χ1v) is 9.71. The monoisotopic (exact) mass is 412 g/mol. The van der Waals surface area contributed by atoms with E-state index in [-0.39, 0.29) is 24.1 Å². The Morgan fingerprint density at radius 3 is 2.62 bits per heavy atom. The molecule has 2 atom stereocenters. The maximum atomic E-state index is 12.3. The third-order valence-corrected chi connectivity index (χ3v) is 5.31. The van der Waals surface area contributed by atoms with E-state index < -0.39 is 5.97 Å². The smallest absolute Gasteiger partial charge is 0.336 e. The summed E-state index contributed by atoms with van der Waals surface area (Å²) in [6.07, 6.45) is 1.84.